The van der Waals surface area contributed by atoms with Crippen molar-refractivity contribution < 1.29 is 9.59 Å². The van der Waals surface area contributed by atoms with Crippen molar-refractivity contribution in [2.24, 2.45) is 11.7 Å². The third kappa shape index (κ3) is 4.38. The van der Waals surface area contributed by atoms with E-state index in [1.807, 2.05) is 11.8 Å². The molecule has 0 radical (unpaired) electrons. The summed E-state index contributed by atoms with van der Waals surface area (Å²) in [5.74, 6) is 0.213. The highest BCUT2D eigenvalue weighted by Gasteiger charge is 2.27. The average Bonchev–Trinajstić information content (AvgIpc) is 2.43. The second-order valence-corrected chi connectivity index (χ2v) is 5.32. The molecule has 1 atom stereocenters. The number of rotatable bonds is 4. The molecule has 6 heteroatoms. The zero-order chi connectivity index (χ0) is 14.4. The summed E-state index contributed by atoms with van der Waals surface area (Å²) in [6.45, 7) is 5.08. The van der Waals surface area contributed by atoms with Crippen LogP contribution in [0.2, 0.25) is 0 Å². The van der Waals surface area contributed by atoms with Crippen molar-refractivity contribution in [3.8, 4) is 0 Å². The fourth-order valence-electron chi connectivity index (χ4n) is 2.26. The number of carbonyl (C=O) groups is 2. The van der Waals surface area contributed by atoms with E-state index < -0.39 is 0 Å². The molecule has 1 saturated heterocycles. The zero-order valence-corrected chi connectivity index (χ0v) is 12.3. The molecule has 110 valence electrons. The molecule has 0 aliphatic carbocycles. The number of piperazine rings is 1. The standard InChI is InChI=1S/C13H26N4O2/c1-11(5-4-6-14)12(18)16-7-9-17(10-8-16)13(19)15(2)3/h11H,4-10,14H2,1-3H3. The van der Waals surface area contributed by atoms with Crippen LogP contribution in [0.3, 0.4) is 0 Å². The Labute approximate surface area is 115 Å². The highest BCUT2D eigenvalue weighted by molar-refractivity contribution is 5.79. The summed E-state index contributed by atoms with van der Waals surface area (Å²) < 4.78 is 0. The molecule has 1 rings (SSSR count). The van der Waals surface area contributed by atoms with E-state index in [2.05, 4.69) is 0 Å². The van der Waals surface area contributed by atoms with E-state index in [1.54, 1.807) is 23.9 Å². The van der Waals surface area contributed by atoms with Crippen LogP contribution in [0.5, 0.6) is 0 Å². The van der Waals surface area contributed by atoms with Gasteiger partial charge in [-0.05, 0) is 19.4 Å². The molecule has 1 aliphatic rings. The van der Waals surface area contributed by atoms with Crippen molar-refractivity contribution in [3.05, 3.63) is 0 Å². The van der Waals surface area contributed by atoms with Gasteiger partial charge in [0.2, 0.25) is 5.91 Å². The highest BCUT2D eigenvalue weighted by Crippen LogP contribution is 2.12. The maximum atomic E-state index is 12.2. The number of hydrogen-bond donors (Lipinski definition) is 1. The lowest BCUT2D eigenvalue weighted by atomic mass is 10.0. The highest BCUT2D eigenvalue weighted by atomic mass is 16.2. The maximum Gasteiger partial charge on any atom is 0.319 e. The number of hydrogen-bond acceptors (Lipinski definition) is 3. The number of amides is 3. The summed E-state index contributed by atoms with van der Waals surface area (Å²) in [5, 5.41) is 0. The molecule has 6 nitrogen and oxygen atoms in total. The van der Waals surface area contributed by atoms with E-state index >= 15 is 0 Å². The Bertz CT molecular complexity index is 312. The first-order chi connectivity index (χ1) is 8.97. The lowest BCUT2D eigenvalue weighted by Crippen LogP contribution is -2.53. The van der Waals surface area contributed by atoms with Crippen LogP contribution in [0.4, 0.5) is 4.79 Å². The third-order valence-corrected chi connectivity index (χ3v) is 3.51. The third-order valence-electron chi connectivity index (χ3n) is 3.51. The number of carbonyl (C=O) groups excluding carboxylic acids is 2. The van der Waals surface area contributed by atoms with Crippen LogP contribution in [0, 0.1) is 5.92 Å². The topological polar surface area (TPSA) is 69.9 Å². The van der Waals surface area contributed by atoms with Crippen LogP contribution < -0.4 is 5.73 Å². The van der Waals surface area contributed by atoms with Gasteiger partial charge in [-0.15, -0.1) is 0 Å². The Morgan fingerprint density at radius 2 is 1.68 bits per heavy atom. The van der Waals surface area contributed by atoms with E-state index in [1.165, 1.54) is 0 Å². The lowest BCUT2D eigenvalue weighted by molar-refractivity contribution is -0.136. The van der Waals surface area contributed by atoms with Crippen molar-refractivity contribution in [3.63, 3.8) is 0 Å². The zero-order valence-electron chi connectivity index (χ0n) is 12.3. The number of urea groups is 1. The summed E-state index contributed by atoms with van der Waals surface area (Å²) in [6, 6.07) is 0.0169. The molecule has 19 heavy (non-hydrogen) atoms. The summed E-state index contributed by atoms with van der Waals surface area (Å²) >= 11 is 0. The molecule has 1 aliphatic heterocycles. The van der Waals surface area contributed by atoms with Crippen molar-refractivity contribution in [2.45, 2.75) is 19.8 Å². The minimum absolute atomic E-state index is 0.0169. The van der Waals surface area contributed by atoms with Gasteiger partial charge in [-0.25, -0.2) is 4.79 Å². The Kier molecular flexibility index (Phi) is 6.08. The molecule has 0 spiro atoms. The van der Waals surface area contributed by atoms with E-state index in [0.717, 1.165) is 12.8 Å². The molecule has 3 amide bonds. The molecule has 0 saturated carbocycles. The molecule has 0 bridgehead atoms. The second kappa shape index (κ2) is 7.33. The first-order valence-electron chi connectivity index (χ1n) is 6.92. The minimum Gasteiger partial charge on any atom is -0.339 e. The molecule has 2 N–H and O–H groups in total. The molecule has 0 aromatic heterocycles. The lowest BCUT2D eigenvalue weighted by Gasteiger charge is -2.37. The largest absolute Gasteiger partial charge is 0.339 e. The SMILES string of the molecule is CC(CCCN)C(=O)N1CCN(C(=O)N(C)C)CC1. The predicted molar refractivity (Wildman–Crippen MR) is 74.7 cm³/mol. The summed E-state index contributed by atoms with van der Waals surface area (Å²) in [6.07, 6.45) is 1.72. The van der Waals surface area contributed by atoms with Gasteiger partial charge in [-0.1, -0.05) is 6.92 Å². The quantitative estimate of drug-likeness (QED) is 0.792. The molecule has 1 heterocycles. The van der Waals surface area contributed by atoms with E-state index in [0.29, 0.717) is 32.7 Å². The van der Waals surface area contributed by atoms with Gasteiger partial charge < -0.3 is 20.4 Å². The number of nitrogens with two attached hydrogens (primary N) is 1. The van der Waals surface area contributed by atoms with Gasteiger partial charge >= 0.3 is 6.03 Å². The molecule has 1 unspecified atom stereocenters. The molecular weight excluding hydrogens is 244 g/mol. The van der Waals surface area contributed by atoms with Crippen LogP contribution >= 0.6 is 0 Å². The van der Waals surface area contributed by atoms with E-state index in [9.17, 15) is 9.59 Å². The predicted octanol–water partition coefficient (Wildman–Crippen LogP) is 0.187. The van der Waals surface area contributed by atoms with E-state index in [-0.39, 0.29) is 17.9 Å². The summed E-state index contributed by atoms with van der Waals surface area (Å²) in [7, 11) is 3.49. The van der Waals surface area contributed by atoms with Crippen molar-refractivity contribution in [2.75, 3.05) is 46.8 Å². The average molecular weight is 270 g/mol. The fraction of sp³-hybridized carbons (Fsp3) is 0.846. The summed E-state index contributed by atoms with van der Waals surface area (Å²) in [4.78, 5) is 29.2. The molecule has 0 aromatic carbocycles. The van der Waals surface area contributed by atoms with Gasteiger partial charge in [0.05, 0.1) is 0 Å². The van der Waals surface area contributed by atoms with Crippen LogP contribution in [-0.4, -0.2) is 73.5 Å². The van der Waals surface area contributed by atoms with Gasteiger partial charge in [0.15, 0.2) is 0 Å². The molecule has 1 fully saturated rings. The Balaban J connectivity index is 2.41. The van der Waals surface area contributed by atoms with Crippen LogP contribution in [0.25, 0.3) is 0 Å². The smallest absolute Gasteiger partial charge is 0.319 e. The van der Waals surface area contributed by atoms with Crippen LogP contribution in [0.1, 0.15) is 19.8 Å². The number of nitrogens with zero attached hydrogens (tertiary/aromatic N) is 3. The Morgan fingerprint density at radius 1 is 1.16 bits per heavy atom. The van der Waals surface area contributed by atoms with E-state index in [4.69, 9.17) is 5.73 Å². The van der Waals surface area contributed by atoms with Gasteiger partial charge in [0.1, 0.15) is 0 Å². The van der Waals surface area contributed by atoms with Crippen LogP contribution in [0.15, 0.2) is 0 Å². The first-order valence-corrected chi connectivity index (χ1v) is 6.92. The van der Waals surface area contributed by atoms with Gasteiger partial charge in [0, 0.05) is 46.2 Å². The maximum absolute atomic E-state index is 12.2. The molecular formula is C13H26N4O2. The monoisotopic (exact) mass is 270 g/mol. The van der Waals surface area contributed by atoms with Crippen molar-refractivity contribution >= 4 is 11.9 Å². The first kappa shape index (κ1) is 15.8. The van der Waals surface area contributed by atoms with Crippen molar-refractivity contribution in [1.82, 2.24) is 14.7 Å². The Morgan fingerprint density at radius 3 is 2.16 bits per heavy atom. The fourth-order valence-corrected chi connectivity index (χ4v) is 2.26. The van der Waals surface area contributed by atoms with Crippen LogP contribution in [-0.2, 0) is 4.79 Å². The molecule has 0 aromatic rings. The second-order valence-electron chi connectivity index (χ2n) is 5.32. The summed E-state index contributed by atoms with van der Waals surface area (Å²) in [5.41, 5.74) is 5.46. The minimum atomic E-state index is 0.0169. The van der Waals surface area contributed by atoms with Gasteiger partial charge in [-0.3, -0.25) is 4.79 Å². The van der Waals surface area contributed by atoms with Crippen molar-refractivity contribution in [1.29, 1.82) is 0 Å². The van der Waals surface area contributed by atoms with Gasteiger partial charge in [0.25, 0.3) is 0 Å². The Hall–Kier alpha value is -1.30. The van der Waals surface area contributed by atoms with Gasteiger partial charge in [-0.2, -0.15) is 0 Å². The normalized spacial score (nSPS) is 17.3.